The summed E-state index contributed by atoms with van der Waals surface area (Å²) in [7, 11) is 1.84. The number of carbonyl (C=O) groups excluding carboxylic acids is 2. The van der Waals surface area contributed by atoms with Gasteiger partial charge in [0.25, 0.3) is 0 Å². The fourth-order valence-electron chi connectivity index (χ4n) is 2.64. The van der Waals surface area contributed by atoms with Crippen molar-refractivity contribution in [2.45, 2.75) is 70.6 Å². The molecule has 2 rings (SSSR count). The van der Waals surface area contributed by atoms with Gasteiger partial charge in [0.1, 0.15) is 12.2 Å². The van der Waals surface area contributed by atoms with Gasteiger partial charge in [0.15, 0.2) is 0 Å². The Balaban J connectivity index is 1.75. The van der Waals surface area contributed by atoms with Crippen LogP contribution in [0.3, 0.4) is 0 Å². The minimum Gasteiger partial charge on any atom is -0.444 e. The second-order valence-electron chi connectivity index (χ2n) is 7.94. The van der Waals surface area contributed by atoms with Crippen LogP contribution in [0.1, 0.15) is 53.4 Å². The highest BCUT2D eigenvalue weighted by Crippen LogP contribution is 2.28. The smallest absolute Gasteiger partial charge is 0.410 e. The van der Waals surface area contributed by atoms with Crippen LogP contribution in [0, 0.1) is 0 Å². The molecule has 1 heterocycles. The van der Waals surface area contributed by atoms with Gasteiger partial charge in [-0.15, -0.1) is 0 Å². The predicted octanol–water partition coefficient (Wildman–Crippen LogP) is 2.41. The Morgan fingerprint density at radius 2 is 1.78 bits per heavy atom. The van der Waals surface area contributed by atoms with Gasteiger partial charge in [-0.05, 0) is 53.4 Å². The van der Waals surface area contributed by atoms with Crippen molar-refractivity contribution in [2.75, 3.05) is 26.7 Å². The van der Waals surface area contributed by atoms with Crippen LogP contribution in [0.15, 0.2) is 0 Å². The first-order chi connectivity index (χ1) is 10.6. The molecule has 1 saturated heterocycles. The van der Waals surface area contributed by atoms with Crippen molar-refractivity contribution in [3.8, 4) is 0 Å². The second-order valence-corrected chi connectivity index (χ2v) is 7.94. The van der Waals surface area contributed by atoms with Crippen molar-refractivity contribution in [1.29, 1.82) is 0 Å². The number of carbonyl (C=O) groups is 2. The molecule has 2 fully saturated rings. The van der Waals surface area contributed by atoms with E-state index in [9.17, 15) is 9.59 Å². The number of piperidine rings is 1. The lowest BCUT2D eigenvalue weighted by atomic mass is 9.93. The van der Waals surface area contributed by atoms with Crippen LogP contribution >= 0.6 is 0 Å². The van der Waals surface area contributed by atoms with Crippen molar-refractivity contribution in [3.63, 3.8) is 0 Å². The molecule has 6 heteroatoms. The fourth-order valence-corrected chi connectivity index (χ4v) is 2.64. The molecule has 2 amide bonds. The molecule has 2 aliphatic rings. The Morgan fingerprint density at radius 1 is 1.22 bits per heavy atom. The van der Waals surface area contributed by atoms with Crippen molar-refractivity contribution >= 4 is 12.0 Å². The van der Waals surface area contributed by atoms with Gasteiger partial charge in [-0.1, -0.05) is 0 Å². The molecule has 0 atom stereocenters. The predicted molar refractivity (Wildman–Crippen MR) is 87.2 cm³/mol. The zero-order chi connectivity index (χ0) is 17.3. The molecule has 23 heavy (non-hydrogen) atoms. The number of amides is 2. The zero-order valence-electron chi connectivity index (χ0n) is 15.1. The minimum atomic E-state index is -0.478. The van der Waals surface area contributed by atoms with E-state index in [2.05, 4.69) is 0 Å². The minimum absolute atomic E-state index is 0.0447. The summed E-state index contributed by atoms with van der Waals surface area (Å²) in [5.74, 6) is 0.0447. The molecule has 6 nitrogen and oxygen atoms in total. The summed E-state index contributed by atoms with van der Waals surface area (Å²) in [6.07, 6.45) is 3.36. The first-order valence-corrected chi connectivity index (χ1v) is 8.47. The van der Waals surface area contributed by atoms with Crippen molar-refractivity contribution < 1.29 is 19.1 Å². The van der Waals surface area contributed by atoms with E-state index in [1.54, 1.807) is 9.80 Å². The molecular weight excluding hydrogens is 296 g/mol. The van der Waals surface area contributed by atoms with Gasteiger partial charge >= 0.3 is 6.09 Å². The number of hydrogen-bond acceptors (Lipinski definition) is 4. The Bertz CT molecular complexity index is 446. The number of nitrogens with zero attached hydrogens (tertiary/aromatic N) is 2. The number of likely N-dealkylation sites (tertiary alicyclic amines) is 1. The molecule has 0 bridgehead atoms. The Morgan fingerprint density at radius 3 is 2.26 bits per heavy atom. The normalized spacial score (nSPS) is 21.0. The van der Waals surface area contributed by atoms with Gasteiger partial charge in [-0.2, -0.15) is 0 Å². The van der Waals surface area contributed by atoms with E-state index in [0.29, 0.717) is 32.0 Å². The third kappa shape index (κ3) is 5.37. The van der Waals surface area contributed by atoms with Gasteiger partial charge in [0, 0.05) is 26.2 Å². The molecule has 0 aromatic rings. The number of hydrogen-bond donors (Lipinski definition) is 0. The van der Waals surface area contributed by atoms with Crippen LogP contribution in [-0.4, -0.2) is 65.8 Å². The highest BCUT2D eigenvalue weighted by atomic mass is 16.6. The summed E-state index contributed by atoms with van der Waals surface area (Å²) in [6.45, 7) is 8.92. The average molecular weight is 326 g/mol. The summed E-state index contributed by atoms with van der Waals surface area (Å²) in [5, 5.41) is 0. The van der Waals surface area contributed by atoms with Crippen molar-refractivity contribution in [2.24, 2.45) is 0 Å². The first kappa shape index (κ1) is 18.0. The molecule has 0 radical (unpaired) electrons. The number of likely N-dealkylation sites (N-methyl/N-ethyl adjacent to an activating group) is 1. The van der Waals surface area contributed by atoms with Gasteiger partial charge in [-0.25, -0.2) is 4.79 Å². The quantitative estimate of drug-likeness (QED) is 0.796. The van der Waals surface area contributed by atoms with Crippen LogP contribution in [-0.2, 0) is 14.3 Å². The SMILES string of the molecule is CN(C(=O)COC1(C)CCN(C(=O)OC(C)(C)C)CC1)C1CC1. The third-order valence-corrected chi connectivity index (χ3v) is 4.50. The van der Waals surface area contributed by atoms with E-state index >= 15 is 0 Å². The van der Waals surface area contributed by atoms with Gasteiger partial charge in [0.05, 0.1) is 5.60 Å². The summed E-state index contributed by atoms with van der Waals surface area (Å²) < 4.78 is 11.3. The monoisotopic (exact) mass is 326 g/mol. The third-order valence-electron chi connectivity index (χ3n) is 4.50. The van der Waals surface area contributed by atoms with E-state index in [1.807, 2.05) is 34.7 Å². The lowest BCUT2D eigenvalue weighted by Crippen LogP contribution is -2.49. The van der Waals surface area contributed by atoms with Gasteiger partial charge < -0.3 is 19.3 Å². The lowest BCUT2D eigenvalue weighted by Gasteiger charge is -2.39. The van der Waals surface area contributed by atoms with E-state index in [1.165, 1.54) is 0 Å². The standard InChI is InChI=1S/C17H30N2O4/c1-16(2,3)23-15(21)19-10-8-17(4,9-11-19)22-12-14(20)18(5)13-6-7-13/h13H,6-12H2,1-5H3. The van der Waals surface area contributed by atoms with Crippen LogP contribution in [0.4, 0.5) is 4.79 Å². The summed E-state index contributed by atoms with van der Waals surface area (Å²) in [6, 6.07) is 0.410. The van der Waals surface area contributed by atoms with E-state index in [-0.39, 0.29) is 24.2 Å². The zero-order valence-corrected chi connectivity index (χ0v) is 15.1. The maximum absolute atomic E-state index is 12.1. The first-order valence-electron chi connectivity index (χ1n) is 8.47. The average Bonchev–Trinajstić information content (AvgIpc) is 3.27. The highest BCUT2D eigenvalue weighted by Gasteiger charge is 2.36. The molecule has 0 spiro atoms. The summed E-state index contributed by atoms with van der Waals surface area (Å²) in [4.78, 5) is 27.6. The maximum atomic E-state index is 12.1. The Kier molecular flexibility index (Phi) is 5.23. The van der Waals surface area contributed by atoms with E-state index < -0.39 is 5.60 Å². The van der Waals surface area contributed by atoms with E-state index in [0.717, 1.165) is 12.8 Å². The molecular formula is C17H30N2O4. The maximum Gasteiger partial charge on any atom is 0.410 e. The van der Waals surface area contributed by atoms with Crippen molar-refractivity contribution in [3.05, 3.63) is 0 Å². The Hall–Kier alpha value is -1.30. The fraction of sp³-hybridized carbons (Fsp3) is 0.882. The molecule has 0 aromatic heterocycles. The summed E-state index contributed by atoms with van der Waals surface area (Å²) in [5.41, 5.74) is -0.827. The van der Waals surface area contributed by atoms with E-state index in [4.69, 9.17) is 9.47 Å². The largest absolute Gasteiger partial charge is 0.444 e. The number of ether oxygens (including phenoxy) is 2. The number of rotatable bonds is 4. The van der Waals surface area contributed by atoms with Crippen LogP contribution in [0.2, 0.25) is 0 Å². The van der Waals surface area contributed by atoms with Gasteiger partial charge in [0.2, 0.25) is 5.91 Å². The van der Waals surface area contributed by atoms with Crippen LogP contribution in [0.5, 0.6) is 0 Å². The molecule has 0 unspecified atom stereocenters. The molecule has 0 aromatic carbocycles. The van der Waals surface area contributed by atoms with Crippen LogP contribution in [0.25, 0.3) is 0 Å². The highest BCUT2D eigenvalue weighted by molar-refractivity contribution is 5.77. The molecule has 0 N–H and O–H groups in total. The van der Waals surface area contributed by atoms with Crippen molar-refractivity contribution in [1.82, 2.24) is 9.80 Å². The molecule has 1 aliphatic carbocycles. The molecule has 1 aliphatic heterocycles. The van der Waals surface area contributed by atoms with Gasteiger partial charge in [-0.3, -0.25) is 4.79 Å². The lowest BCUT2D eigenvalue weighted by molar-refractivity contribution is -0.145. The Labute approximate surface area is 139 Å². The molecule has 1 saturated carbocycles. The molecule has 132 valence electrons. The van der Waals surface area contributed by atoms with Crippen LogP contribution < -0.4 is 0 Å². The topological polar surface area (TPSA) is 59.1 Å². The summed E-state index contributed by atoms with van der Waals surface area (Å²) >= 11 is 0. The second kappa shape index (κ2) is 6.67.